The third-order valence-corrected chi connectivity index (χ3v) is 3.06. The van der Waals surface area contributed by atoms with Gasteiger partial charge < -0.3 is 14.6 Å². The molecule has 0 bridgehead atoms. The van der Waals surface area contributed by atoms with Crippen LogP contribution in [0.15, 0.2) is 57.4 Å². The number of anilines is 1. The van der Waals surface area contributed by atoms with Gasteiger partial charge in [0.2, 0.25) is 0 Å². The number of rotatable bonds is 4. The molecule has 0 saturated carbocycles. The van der Waals surface area contributed by atoms with Crippen LogP contribution in [-0.2, 0) is 0 Å². The van der Waals surface area contributed by atoms with Crippen molar-refractivity contribution >= 4 is 23.7 Å². The van der Waals surface area contributed by atoms with Crippen molar-refractivity contribution in [2.45, 2.75) is 0 Å². The number of nitrogens with two attached hydrogens (primary N) is 1. The van der Waals surface area contributed by atoms with E-state index in [0.717, 1.165) is 5.56 Å². The Morgan fingerprint density at radius 1 is 0.955 bits per heavy atom. The molecule has 2 heterocycles. The van der Waals surface area contributed by atoms with Crippen molar-refractivity contribution in [3.63, 3.8) is 0 Å². The van der Waals surface area contributed by atoms with Gasteiger partial charge in [0.25, 0.3) is 0 Å². The standard InChI is InChI=1S/C16H12N2O4/c17-14-4-2-1-3-13(14)15-9-7-11(21-15)5-6-12-8-10-16(22-12)18(19)20/h1-10H,17H2. The predicted molar refractivity (Wildman–Crippen MR) is 82.8 cm³/mol. The average molecular weight is 296 g/mol. The third-order valence-electron chi connectivity index (χ3n) is 3.06. The molecule has 0 aliphatic rings. The third kappa shape index (κ3) is 2.76. The fourth-order valence-corrected chi connectivity index (χ4v) is 2.00. The van der Waals surface area contributed by atoms with E-state index in [-0.39, 0.29) is 5.88 Å². The first-order valence-electron chi connectivity index (χ1n) is 6.50. The van der Waals surface area contributed by atoms with E-state index in [9.17, 15) is 10.1 Å². The van der Waals surface area contributed by atoms with Crippen molar-refractivity contribution in [1.29, 1.82) is 0 Å². The number of furan rings is 2. The Morgan fingerprint density at radius 3 is 2.32 bits per heavy atom. The molecule has 1 aromatic carbocycles. The molecule has 3 aromatic rings. The average Bonchev–Trinajstić information content (AvgIpc) is 3.15. The zero-order valence-electron chi connectivity index (χ0n) is 11.4. The molecule has 0 saturated heterocycles. The van der Waals surface area contributed by atoms with Crippen molar-refractivity contribution < 1.29 is 13.8 Å². The second-order valence-electron chi connectivity index (χ2n) is 4.56. The lowest BCUT2D eigenvalue weighted by Crippen LogP contribution is -1.87. The van der Waals surface area contributed by atoms with E-state index in [1.54, 1.807) is 24.3 Å². The van der Waals surface area contributed by atoms with Crippen LogP contribution in [0.5, 0.6) is 0 Å². The molecule has 6 nitrogen and oxygen atoms in total. The van der Waals surface area contributed by atoms with Crippen LogP contribution < -0.4 is 5.73 Å². The minimum Gasteiger partial charge on any atom is -0.457 e. The molecule has 0 amide bonds. The molecular weight excluding hydrogens is 284 g/mol. The number of hydrogen-bond acceptors (Lipinski definition) is 5. The zero-order valence-corrected chi connectivity index (χ0v) is 11.4. The van der Waals surface area contributed by atoms with Gasteiger partial charge in [-0.05, 0) is 42.5 Å². The normalized spacial score (nSPS) is 11.1. The highest BCUT2D eigenvalue weighted by Crippen LogP contribution is 2.28. The zero-order chi connectivity index (χ0) is 15.5. The molecule has 0 aliphatic heterocycles. The lowest BCUT2D eigenvalue weighted by molar-refractivity contribution is -0.402. The van der Waals surface area contributed by atoms with Crippen LogP contribution in [0.3, 0.4) is 0 Å². The number of benzene rings is 1. The Hall–Kier alpha value is -3.28. The fraction of sp³-hybridized carbons (Fsp3) is 0. The van der Waals surface area contributed by atoms with Crippen molar-refractivity contribution in [1.82, 2.24) is 0 Å². The molecule has 0 radical (unpaired) electrons. The minimum atomic E-state index is -0.583. The first-order chi connectivity index (χ1) is 10.6. The number of nitro groups is 1. The van der Waals surface area contributed by atoms with Gasteiger partial charge >= 0.3 is 5.88 Å². The Balaban J connectivity index is 1.80. The molecular formula is C16H12N2O4. The summed E-state index contributed by atoms with van der Waals surface area (Å²) in [6.45, 7) is 0. The molecule has 0 aliphatic carbocycles. The summed E-state index contributed by atoms with van der Waals surface area (Å²) in [5.41, 5.74) is 7.35. The first kappa shape index (κ1) is 13.7. The lowest BCUT2D eigenvalue weighted by Gasteiger charge is -2.00. The second-order valence-corrected chi connectivity index (χ2v) is 4.56. The fourth-order valence-electron chi connectivity index (χ4n) is 2.00. The molecule has 0 unspecified atom stereocenters. The van der Waals surface area contributed by atoms with Crippen LogP contribution in [0, 0.1) is 10.1 Å². The van der Waals surface area contributed by atoms with Gasteiger partial charge in [-0.2, -0.15) is 0 Å². The van der Waals surface area contributed by atoms with Crippen LogP contribution in [0.4, 0.5) is 11.6 Å². The molecule has 3 rings (SSSR count). The molecule has 2 N–H and O–H groups in total. The van der Waals surface area contributed by atoms with Gasteiger partial charge in [0.1, 0.15) is 22.2 Å². The van der Waals surface area contributed by atoms with Crippen molar-refractivity contribution in [3.05, 3.63) is 70.2 Å². The van der Waals surface area contributed by atoms with E-state index < -0.39 is 4.92 Å². The van der Waals surface area contributed by atoms with Gasteiger partial charge in [0.05, 0.1) is 6.07 Å². The maximum Gasteiger partial charge on any atom is 0.433 e. The molecule has 0 spiro atoms. The van der Waals surface area contributed by atoms with Crippen LogP contribution in [0.2, 0.25) is 0 Å². The maximum atomic E-state index is 10.5. The highest BCUT2D eigenvalue weighted by atomic mass is 16.6. The number of hydrogen-bond donors (Lipinski definition) is 1. The highest BCUT2D eigenvalue weighted by Gasteiger charge is 2.10. The molecule has 0 atom stereocenters. The maximum absolute atomic E-state index is 10.5. The minimum absolute atomic E-state index is 0.295. The van der Waals surface area contributed by atoms with Crippen molar-refractivity contribution in [2.24, 2.45) is 0 Å². The first-order valence-corrected chi connectivity index (χ1v) is 6.50. The molecule has 110 valence electrons. The van der Waals surface area contributed by atoms with E-state index in [1.807, 2.05) is 24.3 Å². The van der Waals surface area contributed by atoms with Gasteiger partial charge in [0.15, 0.2) is 0 Å². The summed E-state index contributed by atoms with van der Waals surface area (Å²) in [6.07, 6.45) is 3.27. The number of nitrogen functional groups attached to an aromatic ring is 1. The van der Waals surface area contributed by atoms with Gasteiger partial charge in [-0.25, -0.2) is 0 Å². The van der Waals surface area contributed by atoms with E-state index in [1.165, 1.54) is 12.1 Å². The van der Waals surface area contributed by atoms with E-state index in [2.05, 4.69) is 0 Å². The second kappa shape index (κ2) is 5.61. The van der Waals surface area contributed by atoms with Crippen LogP contribution in [-0.4, -0.2) is 4.92 Å². The molecule has 22 heavy (non-hydrogen) atoms. The highest BCUT2D eigenvalue weighted by molar-refractivity contribution is 5.74. The molecule has 0 fully saturated rings. The predicted octanol–water partition coefficient (Wildman–Crippen LogP) is 4.20. The van der Waals surface area contributed by atoms with Crippen molar-refractivity contribution in [3.8, 4) is 11.3 Å². The van der Waals surface area contributed by atoms with Crippen molar-refractivity contribution in [2.75, 3.05) is 5.73 Å². The summed E-state index contributed by atoms with van der Waals surface area (Å²) >= 11 is 0. The van der Waals surface area contributed by atoms with Gasteiger partial charge in [-0.3, -0.25) is 10.1 Å². The Bertz CT molecular complexity index is 845. The topological polar surface area (TPSA) is 95.4 Å². The van der Waals surface area contributed by atoms with E-state index >= 15 is 0 Å². The lowest BCUT2D eigenvalue weighted by atomic mass is 10.1. The Kier molecular flexibility index (Phi) is 3.49. The monoisotopic (exact) mass is 296 g/mol. The van der Waals surface area contributed by atoms with Crippen LogP contribution in [0.25, 0.3) is 23.5 Å². The van der Waals surface area contributed by atoms with E-state index in [4.69, 9.17) is 14.6 Å². The van der Waals surface area contributed by atoms with Crippen LogP contribution in [0.1, 0.15) is 11.5 Å². The quantitative estimate of drug-likeness (QED) is 0.442. The Labute approximate surface area is 125 Å². The summed E-state index contributed by atoms with van der Waals surface area (Å²) < 4.78 is 10.7. The number of para-hydroxylation sites is 1. The van der Waals surface area contributed by atoms with Gasteiger partial charge in [-0.1, -0.05) is 12.1 Å². The largest absolute Gasteiger partial charge is 0.457 e. The summed E-state index contributed by atoms with van der Waals surface area (Å²) in [4.78, 5) is 9.96. The van der Waals surface area contributed by atoms with Gasteiger partial charge in [-0.15, -0.1) is 0 Å². The van der Waals surface area contributed by atoms with Crippen LogP contribution >= 0.6 is 0 Å². The number of nitrogens with zero attached hydrogens (tertiary/aromatic N) is 1. The Morgan fingerprint density at radius 2 is 1.64 bits per heavy atom. The smallest absolute Gasteiger partial charge is 0.433 e. The van der Waals surface area contributed by atoms with Gasteiger partial charge in [0, 0.05) is 11.3 Å². The molecule has 2 aromatic heterocycles. The summed E-state index contributed by atoms with van der Waals surface area (Å²) in [5.74, 6) is 1.33. The summed E-state index contributed by atoms with van der Waals surface area (Å²) in [5, 5.41) is 10.5. The summed E-state index contributed by atoms with van der Waals surface area (Å²) in [7, 11) is 0. The molecule has 6 heteroatoms. The van der Waals surface area contributed by atoms with E-state index in [0.29, 0.717) is 23.0 Å². The SMILES string of the molecule is Nc1ccccc1-c1ccc(C=Cc2ccc([N+](=O)[O-])o2)o1. The summed E-state index contributed by atoms with van der Waals surface area (Å²) in [6, 6.07) is 13.8.